The number of hydrogen-bond donors (Lipinski definition) is 0. The van der Waals surface area contributed by atoms with Gasteiger partial charge < -0.3 is 0 Å². The second-order valence-corrected chi connectivity index (χ2v) is 6.48. The summed E-state index contributed by atoms with van der Waals surface area (Å²) in [7, 11) is 0. The van der Waals surface area contributed by atoms with Crippen LogP contribution in [-0.2, 0) is 19.5 Å². The third-order valence-electron chi connectivity index (χ3n) is 4.15. The maximum absolute atomic E-state index is 4.62. The zero-order chi connectivity index (χ0) is 14.8. The van der Waals surface area contributed by atoms with Crippen LogP contribution < -0.4 is 0 Å². The first-order chi connectivity index (χ1) is 10.2. The molecule has 21 heavy (non-hydrogen) atoms. The third-order valence-corrected chi connectivity index (χ3v) is 4.71. The Bertz CT molecular complexity index is 654. The van der Waals surface area contributed by atoms with Gasteiger partial charge in [-0.25, -0.2) is 9.97 Å². The minimum absolute atomic E-state index is 0.886. The van der Waals surface area contributed by atoms with Crippen molar-refractivity contribution in [3.05, 3.63) is 52.3 Å². The van der Waals surface area contributed by atoms with Crippen LogP contribution in [0.3, 0.4) is 0 Å². The van der Waals surface area contributed by atoms with Gasteiger partial charge >= 0.3 is 0 Å². The maximum Gasteiger partial charge on any atom is 0.187 e. The van der Waals surface area contributed by atoms with Gasteiger partial charge in [-0.1, -0.05) is 30.0 Å². The van der Waals surface area contributed by atoms with E-state index in [1.165, 1.54) is 27.9 Å². The average molecular weight is 299 g/mol. The van der Waals surface area contributed by atoms with Crippen molar-refractivity contribution >= 4 is 11.8 Å². The van der Waals surface area contributed by atoms with Gasteiger partial charge in [-0.3, -0.25) is 4.90 Å². The predicted octanol–water partition coefficient (Wildman–Crippen LogP) is 3.37. The lowest BCUT2D eigenvalue weighted by atomic mass is 10.0. The first kappa shape index (κ1) is 14.5. The third kappa shape index (κ3) is 3.27. The summed E-state index contributed by atoms with van der Waals surface area (Å²) in [6.07, 6.45) is 5.05. The Hall–Kier alpha value is -1.39. The van der Waals surface area contributed by atoms with Crippen LogP contribution in [0.5, 0.6) is 0 Å². The summed E-state index contributed by atoms with van der Waals surface area (Å²) in [5, 5.41) is 0.886. The van der Waals surface area contributed by atoms with E-state index in [0.29, 0.717) is 0 Å². The van der Waals surface area contributed by atoms with E-state index in [-0.39, 0.29) is 0 Å². The number of rotatable bonds is 3. The highest BCUT2D eigenvalue weighted by Gasteiger charge is 2.18. The number of hydrogen-bond acceptors (Lipinski definition) is 4. The summed E-state index contributed by atoms with van der Waals surface area (Å²) in [5.41, 5.74) is 6.63. The van der Waals surface area contributed by atoms with Crippen molar-refractivity contribution in [3.63, 3.8) is 0 Å². The summed E-state index contributed by atoms with van der Waals surface area (Å²) < 4.78 is 0. The van der Waals surface area contributed by atoms with Gasteiger partial charge in [-0.2, -0.15) is 0 Å². The number of aryl methyl sites for hydroxylation is 2. The first-order valence-electron chi connectivity index (χ1n) is 7.33. The van der Waals surface area contributed by atoms with Crippen LogP contribution in [-0.4, -0.2) is 27.7 Å². The summed E-state index contributed by atoms with van der Waals surface area (Å²) >= 11 is 1.61. The molecule has 2 aromatic rings. The summed E-state index contributed by atoms with van der Waals surface area (Å²) in [4.78, 5) is 11.5. The standard InChI is InChI=1S/C17H21N3S/c1-12-4-5-14(8-13(12)2)10-20-7-6-16-15(11-20)9-18-17(19-16)21-3/h4-5,8-9H,6-7,10-11H2,1-3H3. The number of aromatic nitrogens is 2. The molecule has 0 amide bonds. The molecule has 1 aliphatic heterocycles. The Morgan fingerprint density at radius 2 is 2.10 bits per heavy atom. The van der Waals surface area contributed by atoms with Gasteiger partial charge in [0, 0.05) is 37.8 Å². The molecule has 0 spiro atoms. The molecule has 0 saturated carbocycles. The molecule has 4 heteroatoms. The van der Waals surface area contributed by atoms with Gasteiger partial charge in [0.15, 0.2) is 5.16 Å². The molecule has 0 radical (unpaired) electrons. The number of nitrogens with zero attached hydrogens (tertiary/aromatic N) is 3. The van der Waals surface area contributed by atoms with Gasteiger partial charge in [-0.15, -0.1) is 0 Å². The molecular weight excluding hydrogens is 278 g/mol. The van der Waals surface area contributed by atoms with E-state index in [1.54, 1.807) is 11.8 Å². The number of benzene rings is 1. The monoisotopic (exact) mass is 299 g/mol. The molecule has 0 fully saturated rings. The van der Waals surface area contributed by atoms with E-state index in [2.05, 4.69) is 46.9 Å². The second-order valence-electron chi connectivity index (χ2n) is 5.71. The molecule has 0 N–H and O–H groups in total. The first-order valence-corrected chi connectivity index (χ1v) is 8.55. The zero-order valence-corrected chi connectivity index (χ0v) is 13.7. The molecule has 0 bridgehead atoms. The van der Waals surface area contributed by atoms with Crippen molar-refractivity contribution in [2.24, 2.45) is 0 Å². The average Bonchev–Trinajstić information content (AvgIpc) is 2.50. The van der Waals surface area contributed by atoms with E-state index in [1.807, 2.05) is 12.5 Å². The van der Waals surface area contributed by atoms with Crippen molar-refractivity contribution in [1.29, 1.82) is 0 Å². The minimum Gasteiger partial charge on any atom is -0.294 e. The fraction of sp³-hybridized carbons (Fsp3) is 0.412. The highest BCUT2D eigenvalue weighted by atomic mass is 32.2. The van der Waals surface area contributed by atoms with Gasteiger partial charge in [0.25, 0.3) is 0 Å². The smallest absolute Gasteiger partial charge is 0.187 e. The van der Waals surface area contributed by atoms with Crippen molar-refractivity contribution in [1.82, 2.24) is 14.9 Å². The molecule has 1 aromatic heterocycles. The highest BCUT2D eigenvalue weighted by molar-refractivity contribution is 7.98. The van der Waals surface area contributed by atoms with Crippen molar-refractivity contribution < 1.29 is 0 Å². The molecule has 0 unspecified atom stereocenters. The molecule has 0 atom stereocenters. The van der Waals surface area contributed by atoms with Crippen LogP contribution in [0.1, 0.15) is 27.9 Å². The molecule has 3 rings (SSSR count). The Morgan fingerprint density at radius 1 is 1.24 bits per heavy atom. The van der Waals surface area contributed by atoms with Crippen molar-refractivity contribution in [2.45, 2.75) is 38.5 Å². The molecule has 1 aliphatic rings. The minimum atomic E-state index is 0.886. The van der Waals surface area contributed by atoms with E-state index in [4.69, 9.17) is 0 Å². The van der Waals surface area contributed by atoms with Crippen LogP contribution >= 0.6 is 11.8 Å². The van der Waals surface area contributed by atoms with Crippen LogP contribution in [0.2, 0.25) is 0 Å². The van der Waals surface area contributed by atoms with E-state index < -0.39 is 0 Å². The SMILES string of the molecule is CSc1ncc2c(n1)CCN(Cc1ccc(C)c(C)c1)C2. The maximum atomic E-state index is 4.62. The lowest BCUT2D eigenvalue weighted by Gasteiger charge is -2.28. The van der Waals surface area contributed by atoms with Gasteiger partial charge in [0.1, 0.15) is 0 Å². The Labute approximate surface area is 130 Å². The zero-order valence-electron chi connectivity index (χ0n) is 12.9. The Kier molecular flexibility index (Phi) is 4.27. The van der Waals surface area contributed by atoms with Crippen LogP contribution in [0.4, 0.5) is 0 Å². The van der Waals surface area contributed by atoms with Crippen molar-refractivity contribution in [2.75, 3.05) is 12.8 Å². The van der Waals surface area contributed by atoms with Crippen LogP contribution in [0.15, 0.2) is 29.6 Å². The molecule has 110 valence electrons. The van der Waals surface area contributed by atoms with E-state index >= 15 is 0 Å². The van der Waals surface area contributed by atoms with Crippen LogP contribution in [0, 0.1) is 13.8 Å². The van der Waals surface area contributed by atoms with Crippen molar-refractivity contribution in [3.8, 4) is 0 Å². The molecule has 0 saturated heterocycles. The Morgan fingerprint density at radius 3 is 2.86 bits per heavy atom. The fourth-order valence-corrected chi connectivity index (χ4v) is 3.11. The topological polar surface area (TPSA) is 29.0 Å². The number of thioether (sulfide) groups is 1. The predicted molar refractivity (Wildman–Crippen MR) is 87.5 cm³/mol. The molecule has 0 aliphatic carbocycles. The number of fused-ring (bicyclic) bond motifs is 1. The lowest BCUT2D eigenvalue weighted by molar-refractivity contribution is 0.242. The molecule has 1 aromatic carbocycles. The van der Waals surface area contributed by atoms with Gasteiger partial charge in [0.2, 0.25) is 0 Å². The van der Waals surface area contributed by atoms with E-state index in [0.717, 1.165) is 31.2 Å². The van der Waals surface area contributed by atoms with E-state index in [9.17, 15) is 0 Å². The second kappa shape index (κ2) is 6.16. The summed E-state index contributed by atoms with van der Waals surface area (Å²) in [6.45, 7) is 7.38. The molecule has 2 heterocycles. The lowest BCUT2D eigenvalue weighted by Crippen LogP contribution is -2.31. The van der Waals surface area contributed by atoms with Gasteiger partial charge in [0.05, 0.1) is 5.69 Å². The van der Waals surface area contributed by atoms with Crippen LogP contribution in [0.25, 0.3) is 0 Å². The largest absolute Gasteiger partial charge is 0.294 e. The highest BCUT2D eigenvalue weighted by Crippen LogP contribution is 2.21. The molecular formula is C17H21N3S. The quantitative estimate of drug-likeness (QED) is 0.642. The normalized spacial score (nSPS) is 15.0. The summed E-state index contributed by atoms with van der Waals surface area (Å²) in [5.74, 6) is 0. The summed E-state index contributed by atoms with van der Waals surface area (Å²) in [6, 6.07) is 6.76. The fourth-order valence-electron chi connectivity index (χ4n) is 2.75. The molecule has 3 nitrogen and oxygen atoms in total. The van der Waals surface area contributed by atoms with Gasteiger partial charge in [-0.05, 0) is 36.8 Å². The Balaban J connectivity index is 1.72.